The number of hydrogen-bond donors (Lipinski definition) is 1. The summed E-state index contributed by atoms with van der Waals surface area (Å²) in [6.07, 6.45) is 0. The van der Waals surface area contributed by atoms with Gasteiger partial charge in [0.05, 0.1) is 23.0 Å². The van der Waals surface area contributed by atoms with Crippen LogP contribution in [-0.4, -0.2) is 57.4 Å². The first-order valence-corrected chi connectivity index (χ1v) is 8.53. The van der Waals surface area contributed by atoms with E-state index in [0.29, 0.717) is 17.7 Å². The molecule has 0 unspecified atom stereocenters. The third kappa shape index (κ3) is 4.73. The molecule has 9 nitrogen and oxygen atoms in total. The van der Waals surface area contributed by atoms with Crippen LogP contribution < -0.4 is 5.32 Å². The van der Waals surface area contributed by atoms with Crippen molar-refractivity contribution >= 4 is 21.6 Å². The quantitative estimate of drug-likeness (QED) is 0.412. The van der Waals surface area contributed by atoms with E-state index in [1.807, 2.05) is 0 Å². The van der Waals surface area contributed by atoms with Crippen LogP contribution in [0.4, 0.5) is 5.69 Å². The van der Waals surface area contributed by atoms with Gasteiger partial charge in [-0.3, -0.25) is 14.9 Å². The number of sulfonamides is 1. The Morgan fingerprint density at radius 2 is 2.00 bits per heavy atom. The zero-order chi connectivity index (χ0) is 18.5. The lowest BCUT2D eigenvalue weighted by molar-refractivity contribution is -0.385. The third-order valence-corrected chi connectivity index (χ3v) is 5.43. The van der Waals surface area contributed by atoms with Crippen molar-refractivity contribution in [2.45, 2.75) is 18.7 Å². The summed E-state index contributed by atoms with van der Waals surface area (Å²) in [5.41, 5.74) is 0.586. The summed E-state index contributed by atoms with van der Waals surface area (Å²) >= 11 is 0. The number of hydrogen-bond acceptors (Lipinski definition) is 6. The topological polar surface area (TPSA) is 119 Å². The van der Waals surface area contributed by atoms with Gasteiger partial charge in [0.25, 0.3) is 5.69 Å². The molecule has 0 radical (unpaired) electrons. The van der Waals surface area contributed by atoms with Gasteiger partial charge in [0, 0.05) is 32.8 Å². The predicted octanol–water partition coefficient (Wildman–Crippen LogP) is 0.595. The SMILES string of the molecule is COCCNC(=O)CN(C)S(=O)(=O)c1cc([N+](=O)[O-])cc(C)c1C. The lowest BCUT2D eigenvalue weighted by atomic mass is 10.1. The number of benzene rings is 1. The highest BCUT2D eigenvalue weighted by Crippen LogP contribution is 2.27. The van der Waals surface area contributed by atoms with Gasteiger partial charge in [-0.25, -0.2) is 8.42 Å². The molecule has 0 saturated heterocycles. The maximum atomic E-state index is 12.6. The number of carbonyl (C=O) groups excluding carboxylic acids is 1. The Bertz CT molecular complexity index is 732. The first-order valence-electron chi connectivity index (χ1n) is 7.09. The van der Waals surface area contributed by atoms with Gasteiger partial charge in [-0.2, -0.15) is 4.31 Å². The average molecular weight is 359 g/mol. The number of methoxy groups -OCH3 is 1. The number of nitro groups is 1. The number of non-ortho nitro benzene ring substituents is 1. The molecule has 134 valence electrons. The summed E-state index contributed by atoms with van der Waals surface area (Å²) in [6, 6.07) is 2.32. The van der Waals surface area contributed by atoms with Crippen LogP contribution in [0.25, 0.3) is 0 Å². The molecular weight excluding hydrogens is 338 g/mol. The van der Waals surface area contributed by atoms with E-state index in [0.717, 1.165) is 10.4 Å². The van der Waals surface area contributed by atoms with Crippen molar-refractivity contribution in [1.29, 1.82) is 0 Å². The molecule has 24 heavy (non-hydrogen) atoms. The van der Waals surface area contributed by atoms with Crippen LogP contribution in [0.5, 0.6) is 0 Å². The van der Waals surface area contributed by atoms with E-state index in [2.05, 4.69) is 5.32 Å². The van der Waals surface area contributed by atoms with E-state index < -0.39 is 27.4 Å². The van der Waals surface area contributed by atoms with Crippen molar-refractivity contribution in [1.82, 2.24) is 9.62 Å². The van der Waals surface area contributed by atoms with Crippen molar-refractivity contribution in [3.63, 3.8) is 0 Å². The minimum atomic E-state index is -4.04. The number of nitrogens with one attached hydrogen (secondary N) is 1. The second-order valence-electron chi connectivity index (χ2n) is 5.25. The fraction of sp³-hybridized carbons (Fsp3) is 0.500. The van der Waals surface area contributed by atoms with E-state index >= 15 is 0 Å². The summed E-state index contributed by atoms with van der Waals surface area (Å²) in [5.74, 6) is -0.488. The molecule has 0 aliphatic carbocycles. The molecule has 0 saturated carbocycles. The number of carbonyl (C=O) groups is 1. The summed E-state index contributed by atoms with van der Waals surface area (Å²) in [7, 11) is -1.31. The molecule has 1 rings (SSSR count). The average Bonchev–Trinajstić information content (AvgIpc) is 2.49. The molecule has 0 aliphatic heterocycles. The van der Waals surface area contributed by atoms with Gasteiger partial charge < -0.3 is 10.1 Å². The Kier molecular flexibility index (Phi) is 6.81. The molecule has 1 amide bonds. The highest BCUT2D eigenvalue weighted by Gasteiger charge is 2.27. The van der Waals surface area contributed by atoms with E-state index in [-0.39, 0.29) is 17.1 Å². The summed E-state index contributed by atoms with van der Waals surface area (Å²) in [6.45, 7) is 3.34. The smallest absolute Gasteiger partial charge is 0.271 e. The number of aryl methyl sites for hydroxylation is 1. The van der Waals surface area contributed by atoms with Gasteiger partial charge in [0.2, 0.25) is 15.9 Å². The van der Waals surface area contributed by atoms with Crippen LogP contribution in [-0.2, 0) is 19.6 Å². The normalized spacial score (nSPS) is 11.5. The molecule has 1 N–H and O–H groups in total. The lowest BCUT2D eigenvalue weighted by Crippen LogP contribution is -2.39. The standard InChI is InChI=1S/C14H21N3O6S/c1-10-7-12(17(19)20)8-13(11(10)2)24(21,22)16(3)9-14(18)15-5-6-23-4/h7-8H,5-6,9H2,1-4H3,(H,15,18). The fourth-order valence-electron chi connectivity index (χ4n) is 1.99. The Morgan fingerprint density at radius 1 is 1.38 bits per heavy atom. The van der Waals surface area contributed by atoms with Gasteiger partial charge in [-0.05, 0) is 25.0 Å². The Morgan fingerprint density at radius 3 is 2.54 bits per heavy atom. The second kappa shape index (κ2) is 8.18. The minimum Gasteiger partial charge on any atom is -0.383 e. The van der Waals surface area contributed by atoms with Crippen molar-refractivity contribution in [3.8, 4) is 0 Å². The van der Waals surface area contributed by atoms with Gasteiger partial charge in [-0.1, -0.05) is 0 Å². The maximum absolute atomic E-state index is 12.6. The molecule has 0 bridgehead atoms. The number of ether oxygens (including phenoxy) is 1. The first-order chi connectivity index (χ1) is 11.1. The van der Waals surface area contributed by atoms with Crippen LogP contribution in [0.2, 0.25) is 0 Å². The van der Waals surface area contributed by atoms with Gasteiger partial charge >= 0.3 is 0 Å². The van der Waals surface area contributed by atoms with E-state index in [1.54, 1.807) is 13.8 Å². The van der Waals surface area contributed by atoms with Crippen LogP contribution >= 0.6 is 0 Å². The van der Waals surface area contributed by atoms with Crippen LogP contribution in [0.3, 0.4) is 0 Å². The summed E-state index contributed by atoms with van der Waals surface area (Å²) < 4.78 is 30.9. The summed E-state index contributed by atoms with van der Waals surface area (Å²) in [4.78, 5) is 21.9. The van der Waals surface area contributed by atoms with E-state index in [9.17, 15) is 23.3 Å². The Balaban J connectivity index is 3.07. The van der Waals surface area contributed by atoms with Crippen molar-refractivity contribution in [2.24, 2.45) is 0 Å². The lowest BCUT2D eigenvalue weighted by Gasteiger charge is -2.19. The molecule has 0 atom stereocenters. The van der Waals surface area contributed by atoms with Crippen molar-refractivity contribution in [2.75, 3.05) is 33.9 Å². The van der Waals surface area contributed by atoms with Gasteiger partial charge in [0.15, 0.2) is 0 Å². The van der Waals surface area contributed by atoms with E-state index in [1.165, 1.54) is 20.2 Å². The number of likely N-dealkylation sites (N-methyl/N-ethyl adjacent to an activating group) is 1. The van der Waals surface area contributed by atoms with Crippen LogP contribution in [0, 0.1) is 24.0 Å². The van der Waals surface area contributed by atoms with E-state index in [4.69, 9.17) is 4.74 Å². The number of rotatable bonds is 8. The molecule has 0 heterocycles. The van der Waals surface area contributed by atoms with Crippen LogP contribution in [0.15, 0.2) is 17.0 Å². The van der Waals surface area contributed by atoms with Gasteiger partial charge in [0.1, 0.15) is 0 Å². The molecule has 1 aromatic carbocycles. The predicted molar refractivity (Wildman–Crippen MR) is 87.3 cm³/mol. The monoisotopic (exact) mass is 359 g/mol. The van der Waals surface area contributed by atoms with Crippen LogP contribution in [0.1, 0.15) is 11.1 Å². The molecule has 10 heteroatoms. The maximum Gasteiger partial charge on any atom is 0.271 e. The Hall–Kier alpha value is -2.04. The molecule has 0 fully saturated rings. The molecule has 0 aromatic heterocycles. The third-order valence-electron chi connectivity index (χ3n) is 3.50. The van der Waals surface area contributed by atoms with Crippen molar-refractivity contribution in [3.05, 3.63) is 33.4 Å². The molecule has 1 aromatic rings. The molecule has 0 spiro atoms. The second-order valence-corrected chi connectivity index (χ2v) is 7.26. The largest absolute Gasteiger partial charge is 0.383 e. The number of nitro benzene ring substituents is 1. The highest BCUT2D eigenvalue weighted by molar-refractivity contribution is 7.89. The Labute approximate surface area is 140 Å². The minimum absolute atomic E-state index is 0.179. The zero-order valence-corrected chi connectivity index (χ0v) is 14.8. The molecule has 0 aliphatic rings. The number of amides is 1. The highest BCUT2D eigenvalue weighted by atomic mass is 32.2. The van der Waals surface area contributed by atoms with Crippen molar-refractivity contribution < 1.29 is 22.9 Å². The van der Waals surface area contributed by atoms with Gasteiger partial charge in [-0.15, -0.1) is 0 Å². The zero-order valence-electron chi connectivity index (χ0n) is 14.0. The summed E-state index contributed by atoms with van der Waals surface area (Å²) in [5, 5.41) is 13.5. The molecular formula is C14H21N3O6S. The number of nitrogens with zero attached hydrogens (tertiary/aromatic N) is 2. The fourth-order valence-corrected chi connectivity index (χ4v) is 3.43. The first kappa shape index (κ1) is 20.0.